The van der Waals surface area contributed by atoms with Gasteiger partial charge in [0, 0.05) is 31.3 Å². The van der Waals surface area contributed by atoms with Gasteiger partial charge in [0.05, 0.1) is 17.2 Å². The van der Waals surface area contributed by atoms with E-state index < -0.39 is 5.60 Å². The lowest BCUT2D eigenvalue weighted by molar-refractivity contribution is -0.00453. The first-order chi connectivity index (χ1) is 7.59. The molecule has 2 heterocycles. The lowest BCUT2D eigenvalue weighted by Gasteiger charge is -2.29. The Labute approximate surface area is 100 Å². The van der Waals surface area contributed by atoms with Crippen molar-refractivity contribution in [1.29, 1.82) is 0 Å². The summed E-state index contributed by atoms with van der Waals surface area (Å²) in [6.07, 6.45) is 4.76. The summed E-state index contributed by atoms with van der Waals surface area (Å²) < 4.78 is 5.31. The van der Waals surface area contributed by atoms with Crippen molar-refractivity contribution >= 4 is 11.6 Å². The minimum Gasteiger partial charge on any atom is -0.389 e. The highest BCUT2D eigenvalue weighted by Gasteiger charge is 2.35. The first-order valence-electron chi connectivity index (χ1n) is 5.48. The van der Waals surface area contributed by atoms with E-state index in [9.17, 15) is 5.11 Å². The van der Waals surface area contributed by atoms with Gasteiger partial charge in [-0.15, -0.1) is 0 Å². The van der Waals surface area contributed by atoms with E-state index >= 15 is 0 Å². The first kappa shape index (κ1) is 11.8. The van der Waals surface area contributed by atoms with Crippen LogP contribution in [-0.4, -0.2) is 28.9 Å². The number of aliphatic hydroxyl groups is 1. The minimum atomic E-state index is -0.762. The molecule has 1 fully saturated rings. The lowest BCUT2D eigenvalue weighted by atomic mass is 9.83. The largest absolute Gasteiger partial charge is 0.389 e. The maximum Gasteiger partial charge on any atom is 0.0711 e. The maximum atomic E-state index is 10.4. The summed E-state index contributed by atoms with van der Waals surface area (Å²) >= 11 is 6.03. The molecule has 3 nitrogen and oxygen atoms in total. The quantitative estimate of drug-likeness (QED) is 0.881. The fourth-order valence-corrected chi connectivity index (χ4v) is 2.29. The number of hydrogen-bond donors (Lipinski definition) is 1. The molecule has 0 saturated carbocycles. The van der Waals surface area contributed by atoms with Gasteiger partial charge in [0.1, 0.15) is 0 Å². The molecule has 2 unspecified atom stereocenters. The van der Waals surface area contributed by atoms with Gasteiger partial charge in [-0.25, -0.2) is 0 Å². The Hall–Kier alpha value is -0.640. The van der Waals surface area contributed by atoms with E-state index in [0.29, 0.717) is 18.1 Å². The number of rotatable bonds is 3. The number of halogens is 1. The average Bonchev–Trinajstić information content (AvgIpc) is 2.75. The summed E-state index contributed by atoms with van der Waals surface area (Å²) in [5, 5.41) is 11.0. The molecule has 1 aliphatic rings. The number of hydrogen-bond acceptors (Lipinski definition) is 3. The normalized spacial score (nSPS) is 24.3. The highest BCUT2D eigenvalue weighted by Crippen LogP contribution is 2.30. The second-order valence-corrected chi connectivity index (χ2v) is 4.97. The maximum absolute atomic E-state index is 10.4. The van der Waals surface area contributed by atoms with E-state index in [2.05, 4.69) is 4.98 Å². The van der Waals surface area contributed by atoms with Crippen molar-refractivity contribution in [2.75, 3.05) is 13.2 Å². The molecule has 1 aliphatic heterocycles. The van der Waals surface area contributed by atoms with Gasteiger partial charge in [0.25, 0.3) is 0 Å². The van der Waals surface area contributed by atoms with E-state index in [1.54, 1.807) is 12.4 Å². The standard InChI is InChI=1S/C12H16ClNO2/c1-12(15,10-3-5-16-8-10)6-9-2-4-14-7-11(9)13/h2,4,7,10,15H,3,5-6,8H2,1H3. The van der Waals surface area contributed by atoms with Crippen molar-refractivity contribution in [3.8, 4) is 0 Å². The lowest BCUT2D eigenvalue weighted by Crippen LogP contribution is -2.37. The van der Waals surface area contributed by atoms with Crippen molar-refractivity contribution < 1.29 is 9.84 Å². The van der Waals surface area contributed by atoms with Gasteiger partial charge < -0.3 is 9.84 Å². The molecule has 0 aromatic carbocycles. The Kier molecular flexibility index (Phi) is 3.47. The smallest absolute Gasteiger partial charge is 0.0711 e. The van der Waals surface area contributed by atoms with Crippen LogP contribution in [0.4, 0.5) is 0 Å². The van der Waals surface area contributed by atoms with Crippen LogP contribution >= 0.6 is 11.6 Å². The van der Waals surface area contributed by atoms with Gasteiger partial charge in [-0.05, 0) is 25.0 Å². The Morgan fingerprint density at radius 3 is 3.12 bits per heavy atom. The molecule has 0 spiro atoms. The molecule has 1 N–H and O–H groups in total. The molecule has 4 heteroatoms. The molecule has 16 heavy (non-hydrogen) atoms. The Morgan fingerprint density at radius 2 is 2.50 bits per heavy atom. The SMILES string of the molecule is CC(O)(Cc1ccncc1Cl)C1CCOC1. The van der Waals surface area contributed by atoms with E-state index in [-0.39, 0.29) is 5.92 Å². The van der Waals surface area contributed by atoms with Crippen LogP contribution in [-0.2, 0) is 11.2 Å². The summed E-state index contributed by atoms with van der Waals surface area (Å²) in [6.45, 7) is 3.23. The Morgan fingerprint density at radius 1 is 1.69 bits per heavy atom. The van der Waals surface area contributed by atoms with Gasteiger partial charge in [0.15, 0.2) is 0 Å². The average molecular weight is 242 g/mol. The molecule has 2 rings (SSSR count). The second-order valence-electron chi connectivity index (χ2n) is 4.56. The molecule has 0 amide bonds. The summed E-state index contributed by atoms with van der Waals surface area (Å²) in [6, 6.07) is 1.85. The van der Waals surface area contributed by atoms with E-state index in [0.717, 1.165) is 18.6 Å². The predicted octanol–water partition coefficient (Wildman–Crippen LogP) is 2.06. The van der Waals surface area contributed by atoms with Crippen LogP contribution in [0.25, 0.3) is 0 Å². The van der Waals surface area contributed by atoms with E-state index in [1.165, 1.54) is 0 Å². The molecule has 88 valence electrons. The summed E-state index contributed by atoms with van der Waals surface area (Å²) in [5.74, 6) is 0.191. The molecular formula is C12H16ClNO2. The predicted molar refractivity (Wildman–Crippen MR) is 62.5 cm³/mol. The van der Waals surface area contributed by atoms with Gasteiger partial charge in [0.2, 0.25) is 0 Å². The molecule has 0 aliphatic carbocycles. The molecule has 2 atom stereocenters. The third kappa shape index (κ3) is 2.54. The van der Waals surface area contributed by atoms with Crippen LogP contribution in [0.2, 0.25) is 5.02 Å². The zero-order chi connectivity index (χ0) is 11.6. The Bertz CT molecular complexity index is 362. The van der Waals surface area contributed by atoms with Crippen LogP contribution in [0.5, 0.6) is 0 Å². The van der Waals surface area contributed by atoms with Crippen LogP contribution in [0.1, 0.15) is 18.9 Å². The van der Waals surface area contributed by atoms with Gasteiger partial charge in [-0.1, -0.05) is 11.6 Å². The Balaban J connectivity index is 2.10. The first-order valence-corrected chi connectivity index (χ1v) is 5.86. The van der Waals surface area contributed by atoms with E-state index in [4.69, 9.17) is 16.3 Å². The van der Waals surface area contributed by atoms with Crippen LogP contribution in [0.3, 0.4) is 0 Å². The fraction of sp³-hybridized carbons (Fsp3) is 0.583. The van der Waals surface area contributed by atoms with Crippen molar-refractivity contribution in [3.05, 3.63) is 29.0 Å². The van der Waals surface area contributed by atoms with Crippen LogP contribution in [0.15, 0.2) is 18.5 Å². The zero-order valence-corrected chi connectivity index (χ0v) is 10.1. The van der Waals surface area contributed by atoms with Gasteiger partial charge >= 0.3 is 0 Å². The zero-order valence-electron chi connectivity index (χ0n) is 9.32. The van der Waals surface area contributed by atoms with Crippen molar-refractivity contribution in [1.82, 2.24) is 4.98 Å². The van der Waals surface area contributed by atoms with Crippen molar-refractivity contribution in [3.63, 3.8) is 0 Å². The van der Waals surface area contributed by atoms with Crippen molar-refractivity contribution in [2.45, 2.75) is 25.4 Å². The minimum absolute atomic E-state index is 0.191. The molecule has 1 aromatic rings. The summed E-state index contributed by atoms with van der Waals surface area (Å²) in [7, 11) is 0. The molecule has 0 radical (unpaired) electrons. The van der Waals surface area contributed by atoms with Crippen LogP contribution in [0, 0.1) is 5.92 Å². The number of pyridine rings is 1. The van der Waals surface area contributed by atoms with Gasteiger partial charge in [-0.2, -0.15) is 0 Å². The monoisotopic (exact) mass is 241 g/mol. The molecule has 1 aromatic heterocycles. The highest BCUT2D eigenvalue weighted by molar-refractivity contribution is 6.31. The van der Waals surface area contributed by atoms with Crippen LogP contribution < -0.4 is 0 Å². The molecule has 0 bridgehead atoms. The highest BCUT2D eigenvalue weighted by atomic mass is 35.5. The molecular weight excluding hydrogens is 226 g/mol. The summed E-state index contributed by atoms with van der Waals surface area (Å²) in [4.78, 5) is 3.93. The number of nitrogens with zero attached hydrogens (tertiary/aromatic N) is 1. The number of ether oxygens (including phenoxy) is 1. The summed E-state index contributed by atoms with van der Waals surface area (Å²) in [5.41, 5.74) is 0.176. The van der Waals surface area contributed by atoms with Gasteiger partial charge in [-0.3, -0.25) is 4.98 Å². The van der Waals surface area contributed by atoms with E-state index in [1.807, 2.05) is 13.0 Å². The number of aromatic nitrogens is 1. The molecule has 1 saturated heterocycles. The topological polar surface area (TPSA) is 42.4 Å². The second kappa shape index (κ2) is 4.70. The third-order valence-electron chi connectivity index (χ3n) is 3.21. The van der Waals surface area contributed by atoms with Crippen molar-refractivity contribution in [2.24, 2.45) is 5.92 Å². The third-order valence-corrected chi connectivity index (χ3v) is 3.55. The fourth-order valence-electron chi connectivity index (χ4n) is 2.10.